The van der Waals surface area contributed by atoms with Crippen LogP contribution in [-0.4, -0.2) is 23.9 Å². The maximum absolute atomic E-state index is 13.6. The third-order valence-electron chi connectivity index (χ3n) is 4.41. The summed E-state index contributed by atoms with van der Waals surface area (Å²) in [5.41, 5.74) is -0.0255. The Hall–Kier alpha value is -1.45. The lowest BCUT2D eigenvalue weighted by atomic mass is 9.82. The summed E-state index contributed by atoms with van der Waals surface area (Å²) in [5, 5.41) is 0. The normalized spacial score (nSPS) is 17.8. The van der Waals surface area contributed by atoms with E-state index in [0.29, 0.717) is 13.1 Å². The second kappa shape index (κ2) is 5.27. The molecule has 0 spiro atoms. The van der Waals surface area contributed by atoms with Gasteiger partial charge in [0.1, 0.15) is 0 Å². The molecule has 0 aromatic heterocycles. The average molecular weight is 267 g/mol. The van der Waals surface area contributed by atoms with E-state index in [1.54, 1.807) is 4.90 Å². The Bertz CT molecular complexity index is 483. The first kappa shape index (κ1) is 14.0. The van der Waals surface area contributed by atoms with Crippen LogP contribution in [0.2, 0.25) is 0 Å². The number of hydrogen-bond donors (Lipinski definition) is 0. The SMILES string of the molecule is CCC1(CC)CCN(C(=O)c2cccc(F)c2F)C1. The predicted molar refractivity (Wildman–Crippen MR) is 69.9 cm³/mol. The fraction of sp³-hybridized carbons (Fsp3) is 0.533. The van der Waals surface area contributed by atoms with Gasteiger partial charge in [-0.2, -0.15) is 0 Å². The molecule has 1 aliphatic rings. The van der Waals surface area contributed by atoms with Crippen molar-refractivity contribution in [2.24, 2.45) is 5.41 Å². The van der Waals surface area contributed by atoms with Gasteiger partial charge < -0.3 is 4.90 Å². The zero-order valence-corrected chi connectivity index (χ0v) is 11.4. The van der Waals surface area contributed by atoms with Crippen molar-refractivity contribution in [3.05, 3.63) is 35.4 Å². The van der Waals surface area contributed by atoms with E-state index in [-0.39, 0.29) is 11.0 Å². The van der Waals surface area contributed by atoms with Gasteiger partial charge in [-0.05, 0) is 36.8 Å². The van der Waals surface area contributed by atoms with E-state index in [1.807, 2.05) is 0 Å². The van der Waals surface area contributed by atoms with Crippen LogP contribution in [0.15, 0.2) is 18.2 Å². The van der Waals surface area contributed by atoms with Crippen LogP contribution >= 0.6 is 0 Å². The van der Waals surface area contributed by atoms with Gasteiger partial charge in [0, 0.05) is 13.1 Å². The first-order valence-electron chi connectivity index (χ1n) is 6.76. The number of carbonyl (C=O) groups is 1. The summed E-state index contributed by atoms with van der Waals surface area (Å²) in [6.45, 7) is 5.48. The molecular weight excluding hydrogens is 248 g/mol. The molecule has 0 saturated carbocycles. The molecule has 104 valence electrons. The van der Waals surface area contributed by atoms with Crippen LogP contribution in [0.5, 0.6) is 0 Å². The van der Waals surface area contributed by atoms with E-state index in [9.17, 15) is 13.6 Å². The summed E-state index contributed by atoms with van der Waals surface area (Å²) in [5.74, 6) is -2.42. The summed E-state index contributed by atoms with van der Waals surface area (Å²) in [6, 6.07) is 3.74. The van der Waals surface area contributed by atoms with Gasteiger partial charge in [0.05, 0.1) is 5.56 Å². The highest BCUT2D eigenvalue weighted by Gasteiger charge is 2.37. The molecule has 1 aromatic carbocycles. The molecule has 0 N–H and O–H groups in total. The quantitative estimate of drug-likeness (QED) is 0.819. The summed E-state index contributed by atoms with van der Waals surface area (Å²) in [7, 11) is 0. The largest absolute Gasteiger partial charge is 0.338 e. The van der Waals surface area contributed by atoms with Crippen LogP contribution in [0.1, 0.15) is 43.5 Å². The van der Waals surface area contributed by atoms with Gasteiger partial charge in [0.15, 0.2) is 11.6 Å². The van der Waals surface area contributed by atoms with Crippen LogP contribution in [0.25, 0.3) is 0 Å². The number of hydrogen-bond acceptors (Lipinski definition) is 1. The summed E-state index contributed by atoms with van der Waals surface area (Å²) < 4.78 is 26.8. The number of rotatable bonds is 3. The number of carbonyl (C=O) groups excluding carboxylic acids is 1. The zero-order valence-electron chi connectivity index (χ0n) is 11.4. The lowest BCUT2D eigenvalue weighted by Gasteiger charge is -2.26. The molecular formula is C15H19F2NO. The second-order valence-corrected chi connectivity index (χ2v) is 5.29. The molecule has 19 heavy (non-hydrogen) atoms. The van der Waals surface area contributed by atoms with Crippen molar-refractivity contribution in [1.29, 1.82) is 0 Å². The monoisotopic (exact) mass is 267 g/mol. The van der Waals surface area contributed by atoms with Gasteiger partial charge in [-0.25, -0.2) is 8.78 Å². The maximum Gasteiger partial charge on any atom is 0.256 e. The Balaban J connectivity index is 2.20. The minimum Gasteiger partial charge on any atom is -0.338 e. The molecule has 0 aliphatic carbocycles. The van der Waals surface area contributed by atoms with Crippen molar-refractivity contribution < 1.29 is 13.6 Å². The molecule has 1 saturated heterocycles. The average Bonchev–Trinajstić information content (AvgIpc) is 2.86. The molecule has 2 nitrogen and oxygen atoms in total. The molecule has 1 aliphatic heterocycles. The van der Waals surface area contributed by atoms with Crippen molar-refractivity contribution in [3.63, 3.8) is 0 Å². The van der Waals surface area contributed by atoms with Gasteiger partial charge in [0.2, 0.25) is 0 Å². The van der Waals surface area contributed by atoms with E-state index in [2.05, 4.69) is 13.8 Å². The van der Waals surface area contributed by atoms with Crippen molar-refractivity contribution in [2.75, 3.05) is 13.1 Å². The Morgan fingerprint density at radius 1 is 1.32 bits per heavy atom. The number of amides is 1. The van der Waals surface area contributed by atoms with Gasteiger partial charge in [-0.3, -0.25) is 4.79 Å². The van der Waals surface area contributed by atoms with Gasteiger partial charge >= 0.3 is 0 Å². The molecule has 0 unspecified atom stereocenters. The molecule has 1 fully saturated rings. The first-order valence-corrected chi connectivity index (χ1v) is 6.76. The fourth-order valence-corrected chi connectivity index (χ4v) is 2.77. The van der Waals surface area contributed by atoms with Gasteiger partial charge in [-0.1, -0.05) is 19.9 Å². The molecule has 1 amide bonds. The predicted octanol–water partition coefficient (Wildman–Crippen LogP) is 3.62. The van der Waals surface area contributed by atoms with Gasteiger partial charge in [0.25, 0.3) is 5.91 Å². The fourth-order valence-electron chi connectivity index (χ4n) is 2.77. The van der Waals surface area contributed by atoms with Crippen LogP contribution < -0.4 is 0 Å². The van der Waals surface area contributed by atoms with Crippen molar-refractivity contribution >= 4 is 5.91 Å². The van der Waals surface area contributed by atoms with Crippen LogP contribution in [0.4, 0.5) is 8.78 Å². The standard InChI is InChI=1S/C15H19F2NO/c1-3-15(4-2)8-9-18(10-15)14(19)11-6-5-7-12(16)13(11)17/h5-7H,3-4,8-10H2,1-2H3. The van der Waals surface area contributed by atoms with Crippen LogP contribution in [0, 0.1) is 17.0 Å². The van der Waals surface area contributed by atoms with E-state index < -0.39 is 17.5 Å². The molecule has 2 rings (SSSR count). The third kappa shape index (κ3) is 2.48. The second-order valence-electron chi connectivity index (χ2n) is 5.29. The van der Waals surface area contributed by atoms with E-state index >= 15 is 0 Å². The highest BCUT2D eigenvalue weighted by molar-refractivity contribution is 5.94. The molecule has 0 radical (unpaired) electrons. The molecule has 1 heterocycles. The lowest BCUT2D eigenvalue weighted by Crippen LogP contribution is -2.32. The number of benzene rings is 1. The lowest BCUT2D eigenvalue weighted by molar-refractivity contribution is 0.0764. The van der Waals surface area contributed by atoms with Crippen LogP contribution in [-0.2, 0) is 0 Å². The van der Waals surface area contributed by atoms with E-state index in [1.165, 1.54) is 12.1 Å². The van der Waals surface area contributed by atoms with Crippen LogP contribution in [0.3, 0.4) is 0 Å². The van der Waals surface area contributed by atoms with Crippen molar-refractivity contribution in [3.8, 4) is 0 Å². The molecule has 4 heteroatoms. The number of likely N-dealkylation sites (tertiary alicyclic amines) is 1. The molecule has 0 bridgehead atoms. The topological polar surface area (TPSA) is 20.3 Å². The Morgan fingerprint density at radius 3 is 2.58 bits per heavy atom. The third-order valence-corrected chi connectivity index (χ3v) is 4.41. The number of halogens is 2. The number of nitrogens with zero attached hydrogens (tertiary/aromatic N) is 1. The maximum atomic E-state index is 13.6. The van der Waals surface area contributed by atoms with E-state index in [4.69, 9.17) is 0 Å². The smallest absolute Gasteiger partial charge is 0.256 e. The molecule has 1 aromatic rings. The van der Waals surface area contributed by atoms with Gasteiger partial charge in [-0.15, -0.1) is 0 Å². The van der Waals surface area contributed by atoms with E-state index in [0.717, 1.165) is 25.3 Å². The highest BCUT2D eigenvalue weighted by Crippen LogP contribution is 2.37. The minimum atomic E-state index is -1.04. The molecule has 0 atom stereocenters. The minimum absolute atomic E-state index is 0.138. The summed E-state index contributed by atoms with van der Waals surface area (Å²) in [6.07, 6.45) is 2.93. The summed E-state index contributed by atoms with van der Waals surface area (Å²) in [4.78, 5) is 13.9. The summed E-state index contributed by atoms with van der Waals surface area (Å²) >= 11 is 0. The Labute approximate surface area is 112 Å². The van der Waals surface area contributed by atoms with Crippen molar-refractivity contribution in [2.45, 2.75) is 33.1 Å². The Morgan fingerprint density at radius 2 is 2.00 bits per heavy atom. The Kier molecular flexibility index (Phi) is 3.88. The van der Waals surface area contributed by atoms with Crippen molar-refractivity contribution in [1.82, 2.24) is 4.90 Å². The zero-order chi connectivity index (χ0) is 14.0. The highest BCUT2D eigenvalue weighted by atomic mass is 19.2. The first-order chi connectivity index (χ1) is 9.03.